The Morgan fingerprint density at radius 3 is 2.94 bits per heavy atom. The van der Waals surface area contributed by atoms with E-state index in [2.05, 4.69) is 4.98 Å². The number of piperidine rings is 1. The number of likely N-dealkylation sites (tertiary alicyclic amines) is 1. The van der Waals surface area contributed by atoms with Crippen molar-refractivity contribution in [2.24, 2.45) is 0 Å². The summed E-state index contributed by atoms with van der Waals surface area (Å²) < 4.78 is 4.74. The predicted molar refractivity (Wildman–Crippen MR) is 61.5 cm³/mol. The van der Waals surface area contributed by atoms with E-state index in [1.165, 1.54) is 7.11 Å². The zero-order chi connectivity index (χ0) is 12.3. The highest BCUT2D eigenvalue weighted by Crippen LogP contribution is 2.20. The highest BCUT2D eigenvalue weighted by molar-refractivity contribution is 5.95. The number of nitrogens with zero attached hydrogens (tertiary/aromatic N) is 1. The van der Waals surface area contributed by atoms with E-state index >= 15 is 0 Å². The lowest BCUT2D eigenvalue weighted by Crippen LogP contribution is -2.48. The van der Waals surface area contributed by atoms with Gasteiger partial charge in [-0.25, -0.2) is 4.79 Å². The van der Waals surface area contributed by atoms with Crippen LogP contribution in [0.1, 0.15) is 29.8 Å². The minimum atomic E-state index is -0.440. The molecule has 17 heavy (non-hydrogen) atoms. The molecule has 1 aromatic heterocycles. The van der Waals surface area contributed by atoms with Gasteiger partial charge in [0, 0.05) is 12.7 Å². The number of nitrogens with one attached hydrogen (secondary N) is 1. The van der Waals surface area contributed by atoms with E-state index in [0.29, 0.717) is 18.7 Å². The highest BCUT2D eigenvalue weighted by atomic mass is 16.5. The summed E-state index contributed by atoms with van der Waals surface area (Å²) in [6.45, 7) is 0.609. The van der Waals surface area contributed by atoms with Crippen LogP contribution in [0.3, 0.4) is 0 Å². The summed E-state index contributed by atoms with van der Waals surface area (Å²) in [6.07, 6.45) is 4.26. The quantitative estimate of drug-likeness (QED) is 0.784. The molecule has 0 aromatic carbocycles. The molecular weight excluding hydrogens is 220 g/mol. The molecular formula is C12H16N2O3. The average molecular weight is 236 g/mol. The van der Waals surface area contributed by atoms with Gasteiger partial charge < -0.3 is 14.6 Å². The second kappa shape index (κ2) is 5.03. The summed E-state index contributed by atoms with van der Waals surface area (Å²) in [7, 11) is 1.36. The molecule has 1 fully saturated rings. The number of aromatic nitrogens is 1. The van der Waals surface area contributed by atoms with Crippen LogP contribution in [0.15, 0.2) is 18.3 Å². The van der Waals surface area contributed by atoms with Crippen LogP contribution in [-0.2, 0) is 9.53 Å². The van der Waals surface area contributed by atoms with Crippen molar-refractivity contribution in [1.29, 1.82) is 0 Å². The van der Waals surface area contributed by atoms with Crippen LogP contribution in [0.2, 0.25) is 0 Å². The lowest BCUT2D eigenvalue weighted by atomic mass is 10.0. The number of H-pyrrole nitrogens is 1. The minimum absolute atomic E-state index is 0.134. The Kier molecular flexibility index (Phi) is 3.46. The molecule has 5 nitrogen and oxygen atoms in total. The molecule has 0 saturated carbocycles. The van der Waals surface area contributed by atoms with Gasteiger partial charge in [0.15, 0.2) is 0 Å². The summed E-state index contributed by atoms with van der Waals surface area (Å²) in [5.74, 6) is -0.463. The first kappa shape index (κ1) is 11.7. The van der Waals surface area contributed by atoms with Crippen molar-refractivity contribution in [3.63, 3.8) is 0 Å². The minimum Gasteiger partial charge on any atom is -0.467 e. The van der Waals surface area contributed by atoms with Crippen molar-refractivity contribution >= 4 is 11.9 Å². The zero-order valence-corrected chi connectivity index (χ0v) is 9.81. The van der Waals surface area contributed by atoms with Crippen LogP contribution in [0, 0.1) is 0 Å². The first-order valence-electron chi connectivity index (χ1n) is 5.76. The van der Waals surface area contributed by atoms with E-state index in [1.807, 2.05) is 0 Å². The Bertz CT molecular complexity index is 400. The lowest BCUT2D eigenvalue weighted by Gasteiger charge is -2.33. The third-order valence-corrected chi connectivity index (χ3v) is 3.07. The third kappa shape index (κ3) is 2.33. The molecule has 1 aromatic rings. The van der Waals surface area contributed by atoms with Crippen molar-refractivity contribution in [3.8, 4) is 0 Å². The molecule has 0 aliphatic carbocycles. The Morgan fingerprint density at radius 2 is 2.29 bits per heavy atom. The molecule has 1 aliphatic heterocycles. The molecule has 1 aliphatic rings. The van der Waals surface area contributed by atoms with Crippen molar-refractivity contribution < 1.29 is 14.3 Å². The van der Waals surface area contributed by atoms with Gasteiger partial charge in [0.05, 0.1) is 7.11 Å². The van der Waals surface area contributed by atoms with Crippen LogP contribution in [0.4, 0.5) is 0 Å². The lowest BCUT2D eigenvalue weighted by molar-refractivity contribution is -0.147. The van der Waals surface area contributed by atoms with Crippen molar-refractivity contribution in [2.75, 3.05) is 13.7 Å². The number of ether oxygens (including phenoxy) is 1. The van der Waals surface area contributed by atoms with E-state index in [0.717, 1.165) is 12.8 Å². The Morgan fingerprint density at radius 1 is 1.47 bits per heavy atom. The first-order valence-corrected chi connectivity index (χ1v) is 5.76. The van der Waals surface area contributed by atoms with Crippen molar-refractivity contribution in [1.82, 2.24) is 9.88 Å². The van der Waals surface area contributed by atoms with Crippen LogP contribution >= 0.6 is 0 Å². The van der Waals surface area contributed by atoms with Gasteiger partial charge >= 0.3 is 5.97 Å². The van der Waals surface area contributed by atoms with Crippen LogP contribution in [0.5, 0.6) is 0 Å². The molecule has 0 spiro atoms. The van der Waals surface area contributed by atoms with Crippen molar-refractivity contribution in [2.45, 2.75) is 25.3 Å². The number of rotatable bonds is 2. The molecule has 5 heteroatoms. The molecule has 1 atom stereocenters. The maximum Gasteiger partial charge on any atom is 0.328 e. The SMILES string of the molecule is COC(=O)C1CCCCN1C(=O)c1ccc[nH]1. The average Bonchev–Trinajstić information content (AvgIpc) is 2.91. The van der Waals surface area contributed by atoms with Crippen molar-refractivity contribution in [3.05, 3.63) is 24.0 Å². The molecule has 1 amide bonds. The largest absolute Gasteiger partial charge is 0.467 e. The van der Waals surface area contributed by atoms with E-state index < -0.39 is 6.04 Å². The van der Waals surface area contributed by atoms with Gasteiger partial charge in [-0.2, -0.15) is 0 Å². The molecule has 1 saturated heterocycles. The number of aromatic amines is 1. The van der Waals surface area contributed by atoms with Gasteiger partial charge in [-0.1, -0.05) is 0 Å². The number of esters is 1. The number of hydrogen-bond donors (Lipinski definition) is 1. The van der Waals surface area contributed by atoms with Gasteiger partial charge in [0.25, 0.3) is 5.91 Å². The van der Waals surface area contributed by atoms with Gasteiger partial charge in [0.1, 0.15) is 11.7 Å². The predicted octanol–water partition coefficient (Wildman–Crippen LogP) is 1.18. The number of amides is 1. The third-order valence-electron chi connectivity index (χ3n) is 3.07. The second-order valence-electron chi connectivity index (χ2n) is 4.12. The molecule has 0 bridgehead atoms. The second-order valence-corrected chi connectivity index (χ2v) is 4.12. The van der Waals surface area contributed by atoms with Gasteiger partial charge in [-0.15, -0.1) is 0 Å². The standard InChI is InChI=1S/C12H16N2O3/c1-17-12(16)10-6-2-3-8-14(10)11(15)9-5-4-7-13-9/h4-5,7,10,13H,2-3,6,8H2,1H3. The molecule has 2 heterocycles. The fraction of sp³-hybridized carbons (Fsp3) is 0.500. The first-order chi connectivity index (χ1) is 8.24. The Balaban J connectivity index is 2.16. The normalized spacial score (nSPS) is 20.1. The number of hydrogen-bond acceptors (Lipinski definition) is 3. The van der Waals surface area contributed by atoms with Crippen LogP contribution < -0.4 is 0 Å². The maximum atomic E-state index is 12.2. The van der Waals surface area contributed by atoms with E-state index in [4.69, 9.17) is 4.74 Å². The maximum absolute atomic E-state index is 12.2. The topological polar surface area (TPSA) is 62.4 Å². The molecule has 0 radical (unpaired) electrons. The summed E-state index contributed by atoms with van der Waals surface area (Å²) in [5, 5.41) is 0. The fourth-order valence-corrected chi connectivity index (χ4v) is 2.17. The highest BCUT2D eigenvalue weighted by Gasteiger charge is 2.33. The monoisotopic (exact) mass is 236 g/mol. The summed E-state index contributed by atoms with van der Waals surface area (Å²) >= 11 is 0. The molecule has 2 rings (SSSR count). The number of carbonyl (C=O) groups excluding carboxylic acids is 2. The van der Waals surface area contributed by atoms with E-state index in [9.17, 15) is 9.59 Å². The summed E-state index contributed by atoms with van der Waals surface area (Å²) in [6, 6.07) is 3.04. The van der Waals surface area contributed by atoms with Crippen LogP contribution in [-0.4, -0.2) is 41.5 Å². The number of carbonyl (C=O) groups is 2. The van der Waals surface area contributed by atoms with Crippen LogP contribution in [0.25, 0.3) is 0 Å². The molecule has 1 N–H and O–H groups in total. The zero-order valence-electron chi connectivity index (χ0n) is 9.81. The van der Waals surface area contributed by atoms with Gasteiger partial charge in [0.2, 0.25) is 0 Å². The molecule has 92 valence electrons. The summed E-state index contributed by atoms with van der Waals surface area (Å²) in [4.78, 5) is 28.3. The Hall–Kier alpha value is -1.78. The van der Waals surface area contributed by atoms with Gasteiger partial charge in [-0.05, 0) is 31.4 Å². The fourth-order valence-electron chi connectivity index (χ4n) is 2.17. The summed E-state index contributed by atoms with van der Waals surface area (Å²) in [5.41, 5.74) is 0.515. The van der Waals surface area contributed by atoms with Gasteiger partial charge in [-0.3, -0.25) is 4.79 Å². The smallest absolute Gasteiger partial charge is 0.328 e. The number of methoxy groups -OCH3 is 1. The van der Waals surface area contributed by atoms with E-state index in [-0.39, 0.29) is 11.9 Å². The van der Waals surface area contributed by atoms with E-state index in [1.54, 1.807) is 23.2 Å². The molecule has 1 unspecified atom stereocenters. The Labute approximate surface area is 99.8 Å².